The Morgan fingerprint density at radius 2 is 2.50 bits per heavy atom. The van der Waals surface area contributed by atoms with Gasteiger partial charge in [-0.15, -0.1) is 0 Å². The molecular weight excluding hydrogens is 156 g/mol. The molecule has 1 saturated heterocycles. The topological polar surface area (TPSA) is 52.6 Å². The van der Waals surface area contributed by atoms with Crippen molar-refractivity contribution < 1.29 is 9.90 Å². The summed E-state index contributed by atoms with van der Waals surface area (Å²) in [5.74, 6) is 0.124. The van der Waals surface area contributed by atoms with E-state index in [4.69, 9.17) is 5.11 Å². The maximum Gasteiger partial charge on any atom is 0.219 e. The second-order valence-electron chi connectivity index (χ2n) is 3.13. The van der Waals surface area contributed by atoms with Crippen LogP contribution in [0.15, 0.2) is 0 Å². The van der Waals surface area contributed by atoms with E-state index in [-0.39, 0.29) is 18.6 Å². The Morgan fingerprint density at radius 3 is 3.08 bits per heavy atom. The highest BCUT2D eigenvalue weighted by Gasteiger charge is 2.19. The van der Waals surface area contributed by atoms with Crippen LogP contribution in [0, 0.1) is 0 Å². The molecule has 2 N–H and O–H groups in total. The molecule has 1 aliphatic heterocycles. The first-order chi connectivity index (χ1) is 5.74. The average molecular weight is 172 g/mol. The highest BCUT2D eigenvalue weighted by atomic mass is 16.3. The summed E-state index contributed by atoms with van der Waals surface area (Å²) in [6.45, 7) is 4.13. The van der Waals surface area contributed by atoms with E-state index in [0.29, 0.717) is 0 Å². The number of carbonyl (C=O) groups is 1. The molecule has 1 aliphatic rings. The average Bonchev–Trinajstić information content (AvgIpc) is 2.05. The number of hydrogen-bond donors (Lipinski definition) is 2. The number of rotatable bonds is 2. The molecule has 1 heterocycles. The number of amides is 1. The molecule has 0 radical (unpaired) electrons. The number of aliphatic hydroxyl groups is 1. The quantitative estimate of drug-likeness (QED) is 0.573. The normalized spacial score (nSPS) is 24.2. The molecule has 0 aromatic heterocycles. The Morgan fingerprint density at radius 1 is 1.75 bits per heavy atom. The van der Waals surface area contributed by atoms with Gasteiger partial charge in [0.25, 0.3) is 0 Å². The highest BCUT2D eigenvalue weighted by molar-refractivity contribution is 5.73. The number of aliphatic hydroxyl groups excluding tert-OH is 1. The molecule has 70 valence electrons. The third-order valence-corrected chi connectivity index (χ3v) is 2.18. The molecule has 0 aliphatic carbocycles. The van der Waals surface area contributed by atoms with Crippen molar-refractivity contribution in [2.24, 2.45) is 0 Å². The van der Waals surface area contributed by atoms with Gasteiger partial charge in [0.05, 0.1) is 0 Å². The summed E-state index contributed by atoms with van der Waals surface area (Å²) in [6.07, 6.45) is 0.726. The van der Waals surface area contributed by atoms with E-state index >= 15 is 0 Å². The largest absolute Gasteiger partial charge is 0.396 e. The second kappa shape index (κ2) is 4.42. The van der Waals surface area contributed by atoms with Gasteiger partial charge in [0.2, 0.25) is 5.91 Å². The third kappa shape index (κ3) is 2.46. The Balaban J connectivity index is 2.35. The zero-order chi connectivity index (χ0) is 8.97. The fraction of sp³-hybridized carbons (Fsp3) is 0.875. The minimum atomic E-state index is 0.124. The first-order valence-corrected chi connectivity index (χ1v) is 4.34. The van der Waals surface area contributed by atoms with Gasteiger partial charge in [0.1, 0.15) is 0 Å². The van der Waals surface area contributed by atoms with Crippen LogP contribution in [-0.2, 0) is 4.79 Å². The first kappa shape index (κ1) is 9.48. The number of nitrogens with zero attached hydrogens (tertiary/aromatic N) is 1. The van der Waals surface area contributed by atoms with Crippen molar-refractivity contribution >= 4 is 5.91 Å². The summed E-state index contributed by atoms with van der Waals surface area (Å²) in [4.78, 5) is 12.8. The van der Waals surface area contributed by atoms with E-state index < -0.39 is 0 Å². The van der Waals surface area contributed by atoms with Crippen molar-refractivity contribution in [3.8, 4) is 0 Å². The van der Waals surface area contributed by atoms with Crippen molar-refractivity contribution in [1.29, 1.82) is 0 Å². The van der Waals surface area contributed by atoms with E-state index in [2.05, 4.69) is 5.32 Å². The van der Waals surface area contributed by atoms with Crippen LogP contribution in [0.5, 0.6) is 0 Å². The molecular formula is C8H16N2O2. The lowest BCUT2D eigenvalue weighted by atomic mass is 10.1. The summed E-state index contributed by atoms with van der Waals surface area (Å²) in [7, 11) is 0. The van der Waals surface area contributed by atoms with Crippen molar-refractivity contribution in [3.63, 3.8) is 0 Å². The van der Waals surface area contributed by atoms with Gasteiger partial charge in [0.15, 0.2) is 0 Å². The summed E-state index contributed by atoms with van der Waals surface area (Å²) in [5.41, 5.74) is 0. The summed E-state index contributed by atoms with van der Waals surface area (Å²) < 4.78 is 0. The Kier molecular flexibility index (Phi) is 3.49. The standard InChI is InChI=1S/C8H16N2O2/c1-7(12)10-4-3-9-8(6-10)2-5-11/h8-9,11H,2-6H2,1H3. The maximum absolute atomic E-state index is 11.0. The Hall–Kier alpha value is -0.610. The van der Waals surface area contributed by atoms with Crippen LogP contribution in [0.25, 0.3) is 0 Å². The molecule has 1 atom stereocenters. The van der Waals surface area contributed by atoms with Gasteiger partial charge in [0, 0.05) is 39.2 Å². The summed E-state index contributed by atoms with van der Waals surface area (Å²) >= 11 is 0. The lowest BCUT2D eigenvalue weighted by Crippen LogP contribution is -2.52. The summed E-state index contributed by atoms with van der Waals surface area (Å²) in [6, 6.07) is 0.271. The first-order valence-electron chi connectivity index (χ1n) is 4.34. The fourth-order valence-corrected chi connectivity index (χ4v) is 1.46. The highest BCUT2D eigenvalue weighted by Crippen LogP contribution is 2.02. The number of piperazine rings is 1. The van der Waals surface area contributed by atoms with Gasteiger partial charge < -0.3 is 15.3 Å². The smallest absolute Gasteiger partial charge is 0.219 e. The maximum atomic E-state index is 11.0. The Bertz CT molecular complexity index is 159. The number of nitrogens with one attached hydrogen (secondary N) is 1. The lowest BCUT2D eigenvalue weighted by Gasteiger charge is -2.32. The molecule has 4 heteroatoms. The van der Waals surface area contributed by atoms with Gasteiger partial charge in [-0.25, -0.2) is 0 Å². The van der Waals surface area contributed by atoms with Crippen LogP contribution in [-0.4, -0.2) is 48.2 Å². The van der Waals surface area contributed by atoms with Gasteiger partial charge in [-0.2, -0.15) is 0 Å². The lowest BCUT2D eigenvalue weighted by molar-refractivity contribution is -0.130. The zero-order valence-corrected chi connectivity index (χ0v) is 7.42. The molecule has 1 amide bonds. The fourth-order valence-electron chi connectivity index (χ4n) is 1.46. The number of carbonyl (C=O) groups excluding carboxylic acids is 1. The van der Waals surface area contributed by atoms with E-state index in [0.717, 1.165) is 26.1 Å². The predicted molar refractivity (Wildman–Crippen MR) is 45.7 cm³/mol. The monoisotopic (exact) mass is 172 g/mol. The van der Waals surface area contributed by atoms with E-state index in [1.54, 1.807) is 6.92 Å². The zero-order valence-electron chi connectivity index (χ0n) is 7.42. The van der Waals surface area contributed by atoms with E-state index in [9.17, 15) is 4.79 Å². The van der Waals surface area contributed by atoms with Gasteiger partial charge in [-0.1, -0.05) is 0 Å². The molecule has 1 rings (SSSR count). The van der Waals surface area contributed by atoms with Gasteiger partial charge >= 0.3 is 0 Å². The van der Waals surface area contributed by atoms with Crippen LogP contribution in [0.1, 0.15) is 13.3 Å². The van der Waals surface area contributed by atoms with E-state index in [1.165, 1.54) is 0 Å². The molecule has 1 unspecified atom stereocenters. The van der Waals surface area contributed by atoms with Crippen molar-refractivity contribution in [2.75, 3.05) is 26.2 Å². The third-order valence-electron chi connectivity index (χ3n) is 2.18. The van der Waals surface area contributed by atoms with Crippen LogP contribution in [0.3, 0.4) is 0 Å². The van der Waals surface area contributed by atoms with Crippen molar-refractivity contribution in [3.05, 3.63) is 0 Å². The van der Waals surface area contributed by atoms with Crippen LogP contribution in [0.2, 0.25) is 0 Å². The summed E-state index contributed by atoms with van der Waals surface area (Å²) in [5, 5.41) is 12.0. The molecule has 0 spiro atoms. The molecule has 0 aromatic rings. The van der Waals surface area contributed by atoms with Crippen molar-refractivity contribution in [1.82, 2.24) is 10.2 Å². The SMILES string of the molecule is CC(=O)N1CCNC(CCO)C1. The molecule has 4 nitrogen and oxygen atoms in total. The Labute approximate surface area is 72.6 Å². The van der Waals surface area contributed by atoms with Crippen molar-refractivity contribution in [2.45, 2.75) is 19.4 Å². The predicted octanol–water partition coefficient (Wildman–Crippen LogP) is -0.811. The van der Waals surface area contributed by atoms with Crippen LogP contribution in [0.4, 0.5) is 0 Å². The molecule has 0 aromatic carbocycles. The van der Waals surface area contributed by atoms with Crippen LogP contribution < -0.4 is 5.32 Å². The van der Waals surface area contributed by atoms with Gasteiger partial charge in [-0.05, 0) is 6.42 Å². The molecule has 0 bridgehead atoms. The van der Waals surface area contributed by atoms with E-state index in [1.807, 2.05) is 4.90 Å². The number of hydrogen-bond acceptors (Lipinski definition) is 3. The molecule has 1 fully saturated rings. The van der Waals surface area contributed by atoms with Crippen LogP contribution >= 0.6 is 0 Å². The minimum Gasteiger partial charge on any atom is -0.396 e. The minimum absolute atomic E-state index is 0.124. The molecule has 0 saturated carbocycles. The second-order valence-corrected chi connectivity index (χ2v) is 3.13. The molecule has 12 heavy (non-hydrogen) atoms. The van der Waals surface area contributed by atoms with Gasteiger partial charge in [-0.3, -0.25) is 4.79 Å².